The molecule has 0 aliphatic carbocycles. The van der Waals surface area contributed by atoms with Gasteiger partial charge < -0.3 is 5.32 Å². The molecule has 0 saturated carbocycles. The highest BCUT2D eigenvalue weighted by molar-refractivity contribution is 7.09. The van der Waals surface area contributed by atoms with E-state index >= 15 is 0 Å². The molecule has 2 heterocycles. The first kappa shape index (κ1) is 13.0. The lowest BCUT2D eigenvalue weighted by atomic mass is 10.1. The van der Waals surface area contributed by atoms with Crippen LogP contribution in [0.1, 0.15) is 43.3 Å². The standard InChI is InChI=1S/C13H18N4S/c1-9(2)11-6-12(17-8-16-11)15-7-10(3)13-14-4-5-18-13/h4-6,8-10H,7H2,1-3H3,(H,15,16,17). The van der Waals surface area contributed by atoms with Crippen LogP contribution in [0.4, 0.5) is 5.82 Å². The van der Waals surface area contributed by atoms with Gasteiger partial charge in [-0.2, -0.15) is 0 Å². The van der Waals surface area contributed by atoms with E-state index in [1.165, 1.54) is 0 Å². The molecule has 2 aromatic rings. The lowest BCUT2D eigenvalue weighted by molar-refractivity contribution is 0.784. The minimum atomic E-state index is 0.391. The van der Waals surface area contributed by atoms with Crippen LogP contribution in [0, 0.1) is 0 Å². The summed E-state index contributed by atoms with van der Waals surface area (Å²) >= 11 is 1.69. The summed E-state index contributed by atoms with van der Waals surface area (Å²) in [6.45, 7) is 7.26. The van der Waals surface area contributed by atoms with Crippen molar-refractivity contribution in [3.05, 3.63) is 34.7 Å². The number of hydrogen-bond acceptors (Lipinski definition) is 5. The van der Waals surface area contributed by atoms with E-state index in [1.54, 1.807) is 17.7 Å². The summed E-state index contributed by atoms with van der Waals surface area (Å²) in [5.41, 5.74) is 1.06. The van der Waals surface area contributed by atoms with Crippen LogP contribution in [0.5, 0.6) is 0 Å². The van der Waals surface area contributed by atoms with E-state index in [1.807, 2.05) is 17.6 Å². The topological polar surface area (TPSA) is 50.7 Å². The van der Waals surface area contributed by atoms with E-state index in [0.717, 1.165) is 23.1 Å². The van der Waals surface area contributed by atoms with Gasteiger partial charge in [-0.3, -0.25) is 0 Å². The minimum absolute atomic E-state index is 0.391. The molecule has 0 aromatic carbocycles. The van der Waals surface area contributed by atoms with Crippen LogP contribution in [0.2, 0.25) is 0 Å². The average Bonchev–Trinajstić information content (AvgIpc) is 2.90. The van der Waals surface area contributed by atoms with Gasteiger partial charge in [-0.15, -0.1) is 11.3 Å². The molecule has 18 heavy (non-hydrogen) atoms. The Balaban J connectivity index is 1.96. The second-order valence-electron chi connectivity index (χ2n) is 4.64. The lowest BCUT2D eigenvalue weighted by Gasteiger charge is -2.11. The van der Waals surface area contributed by atoms with E-state index in [9.17, 15) is 0 Å². The van der Waals surface area contributed by atoms with Gasteiger partial charge in [-0.05, 0) is 5.92 Å². The van der Waals surface area contributed by atoms with Crippen molar-refractivity contribution in [2.45, 2.75) is 32.6 Å². The average molecular weight is 262 g/mol. The van der Waals surface area contributed by atoms with Gasteiger partial charge in [0.15, 0.2) is 0 Å². The van der Waals surface area contributed by atoms with Crippen LogP contribution >= 0.6 is 11.3 Å². The molecule has 2 aromatic heterocycles. The first-order valence-corrected chi connectivity index (χ1v) is 7.00. The Labute approximate surface area is 112 Å². The Morgan fingerprint density at radius 3 is 2.72 bits per heavy atom. The Bertz CT molecular complexity index is 481. The molecule has 5 heteroatoms. The normalized spacial score (nSPS) is 12.7. The fourth-order valence-electron chi connectivity index (χ4n) is 1.61. The third kappa shape index (κ3) is 3.26. The van der Waals surface area contributed by atoms with Gasteiger partial charge in [0.1, 0.15) is 12.1 Å². The molecule has 0 amide bonds. The van der Waals surface area contributed by atoms with E-state index in [0.29, 0.717) is 11.8 Å². The molecule has 0 spiro atoms. The number of hydrogen-bond donors (Lipinski definition) is 1. The molecule has 1 N–H and O–H groups in total. The van der Waals surface area contributed by atoms with Crippen molar-refractivity contribution in [1.82, 2.24) is 15.0 Å². The van der Waals surface area contributed by atoms with Crippen molar-refractivity contribution in [2.75, 3.05) is 11.9 Å². The number of rotatable bonds is 5. The van der Waals surface area contributed by atoms with Gasteiger partial charge in [-0.25, -0.2) is 15.0 Å². The fraction of sp³-hybridized carbons (Fsp3) is 0.462. The fourth-order valence-corrected chi connectivity index (χ4v) is 2.31. The van der Waals surface area contributed by atoms with Crippen LogP contribution in [0.15, 0.2) is 24.0 Å². The summed E-state index contributed by atoms with van der Waals surface area (Å²) in [6.07, 6.45) is 3.46. The molecule has 96 valence electrons. The highest BCUT2D eigenvalue weighted by Crippen LogP contribution is 2.19. The summed E-state index contributed by atoms with van der Waals surface area (Å²) in [5.74, 6) is 1.70. The summed E-state index contributed by atoms with van der Waals surface area (Å²) in [6, 6.07) is 2.01. The van der Waals surface area contributed by atoms with Crippen LogP contribution < -0.4 is 5.32 Å². The Morgan fingerprint density at radius 2 is 2.06 bits per heavy atom. The highest BCUT2D eigenvalue weighted by Gasteiger charge is 2.09. The van der Waals surface area contributed by atoms with Crippen molar-refractivity contribution in [3.8, 4) is 0 Å². The second kappa shape index (κ2) is 5.91. The SMILES string of the molecule is CC(C)c1cc(NCC(C)c2nccs2)ncn1. The van der Waals surface area contributed by atoms with Crippen molar-refractivity contribution >= 4 is 17.2 Å². The molecular formula is C13H18N4S. The van der Waals surface area contributed by atoms with Crippen molar-refractivity contribution in [2.24, 2.45) is 0 Å². The van der Waals surface area contributed by atoms with E-state index in [-0.39, 0.29) is 0 Å². The van der Waals surface area contributed by atoms with Crippen LogP contribution in [-0.4, -0.2) is 21.5 Å². The number of anilines is 1. The summed E-state index contributed by atoms with van der Waals surface area (Å²) in [5, 5.41) is 6.50. The Hall–Kier alpha value is -1.49. The predicted molar refractivity (Wildman–Crippen MR) is 75.1 cm³/mol. The predicted octanol–water partition coefficient (Wildman–Crippen LogP) is 3.27. The number of nitrogens with zero attached hydrogens (tertiary/aromatic N) is 3. The largest absolute Gasteiger partial charge is 0.369 e. The Kier molecular flexibility index (Phi) is 4.25. The van der Waals surface area contributed by atoms with Gasteiger partial charge >= 0.3 is 0 Å². The molecule has 1 unspecified atom stereocenters. The van der Waals surface area contributed by atoms with Crippen LogP contribution in [0.25, 0.3) is 0 Å². The van der Waals surface area contributed by atoms with E-state index in [4.69, 9.17) is 0 Å². The van der Waals surface area contributed by atoms with Gasteiger partial charge in [0, 0.05) is 35.8 Å². The number of aromatic nitrogens is 3. The number of thiazole rings is 1. The first-order chi connectivity index (χ1) is 8.66. The van der Waals surface area contributed by atoms with Crippen LogP contribution in [-0.2, 0) is 0 Å². The van der Waals surface area contributed by atoms with Crippen molar-refractivity contribution < 1.29 is 0 Å². The zero-order valence-electron chi connectivity index (χ0n) is 10.9. The summed E-state index contributed by atoms with van der Waals surface area (Å²) in [4.78, 5) is 12.8. The summed E-state index contributed by atoms with van der Waals surface area (Å²) < 4.78 is 0. The van der Waals surface area contributed by atoms with Gasteiger partial charge in [0.05, 0.1) is 5.01 Å². The Morgan fingerprint density at radius 1 is 1.22 bits per heavy atom. The third-order valence-electron chi connectivity index (χ3n) is 2.74. The lowest BCUT2D eigenvalue weighted by Crippen LogP contribution is -2.11. The maximum Gasteiger partial charge on any atom is 0.129 e. The molecule has 0 aliphatic heterocycles. The smallest absolute Gasteiger partial charge is 0.129 e. The minimum Gasteiger partial charge on any atom is -0.369 e. The van der Waals surface area contributed by atoms with Crippen LogP contribution in [0.3, 0.4) is 0 Å². The quantitative estimate of drug-likeness (QED) is 0.898. The van der Waals surface area contributed by atoms with Gasteiger partial charge in [-0.1, -0.05) is 20.8 Å². The molecule has 0 aliphatic rings. The molecule has 0 radical (unpaired) electrons. The second-order valence-corrected chi connectivity index (χ2v) is 5.56. The van der Waals surface area contributed by atoms with Crippen molar-refractivity contribution in [1.29, 1.82) is 0 Å². The molecule has 1 atom stereocenters. The molecule has 0 bridgehead atoms. The van der Waals surface area contributed by atoms with Gasteiger partial charge in [0.2, 0.25) is 0 Å². The maximum absolute atomic E-state index is 4.32. The molecule has 0 fully saturated rings. The molecule has 4 nitrogen and oxygen atoms in total. The van der Waals surface area contributed by atoms with E-state index in [2.05, 4.69) is 41.0 Å². The molecule has 0 saturated heterocycles. The highest BCUT2D eigenvalue weighted by atomic mass is 32.1. The third-order valence-corrected chi connectivity index (χ3v) is 3.75. The van der Waals surface area contributed by atoms with E-state index < -0.39 is 0 Å². The zero-order chi connectivity index (χ0) is 13.0. The van der Waals surface area contributed by atoms with Crippen molar-refractivity contribution in [3.63, 3.8) is 0 Å². The monoisotopic (exact) mass is 262 g/mol. The summed E-state index contributed by atoms with van der Waals surface area (Å²) in [7, 11) is 0. The zero-order valence-corrected chi connectivity index (χ0v) is 11.7. The molecule has 2 rings (SSSR count). The number of nitrogens with one attached hydrogen (secondary N) is 1. The molecular weight excluding hydrogens is 244 g/mol. The maximum atomic E-state index is 4.32. The first-order valence-electron chi connectivity index (χ1n) is 6.12. The van der Waals surface area contributed by atoms with Gasteiger partial charge in [0.25, 0.3) is 0 Å².